The molecular formula is C20H25NO2. The van der Waals surface area contributed by atoms with Crippen LogP contribution in [0.3, 0.4) is 0 Å². The predicted octanol–water partition coefficient (Wildman–Crippen LogP) is 4.34. The van der Waals surface area contributed by atoms with Gasteiger partial charge in [0.25, 0.3) is 5.91 Å². The Hall–Kier alpha value is -2.29. The fourth-order valence-corrected chi connectivity index (χ4v) is 2.46. The van der Waals surface area contributed by atoms with E-state index in [2.05, 4.69) is 43.4 Å². The van der Waals surface area contributed by atoms with Gasteiger partial charge >= 0.3 is 0 Å². The van der Waals surface area contributed by atoms with Crippen LogP contribution in [0.1, 0.15) is 43.0 Å². The van der Waals surface area contributed by atoms with E-state index in [9.17, 15) is 4.79 Å². The first kappa shape index (κ1) is 17.1. The second kappa shape index (κ2) is 7.82. The molecule has 2 aromatic carbocycles. The van der Waals surface area contributed by atoms with Crippen LogP contribution in [0.15, 0.2) is 48.5 Å². The van der Waals surface area contributed by atoms with Gasteiger partial charge in [0.15, 0.2) is 6.10 Å². The van der Waals surface area contributed by atoms with Gasteiger partial charge in [0.1, 0.15) is 5.75 Å². The van der Waals surface area contributed by atoms with Crippen molar-refractivity contribution in [1.29, 1.82) is 0 Å². The molecule has 0 aliphatic rings. The van der Waals surface area contributed by atoms with E-state index in [1.807, 2.05) is 31.2 Å². The van der Waals surface area contributed by atoms with Crippen LogP contribution in [0.5, 0.6) is 5.75 Å². The summed E-state index contributed by atoms with van der Waals surface area (Å²) in [6.07, 6.45) is 0.308. The maximum atomic E-state index is 12.4. The van der Waals surface area contributed by atoms with Crippen molar-refractivity contribution < 1.29 is 9.53 Å². The minimum Gasteiger partial charge on any atom is -0.481 e. The standard InChI is InChI=1S/C20H25NO2/c1-5-19(17-11-9-14(2)10-12-17)21-20(22)16(4)23-18-8-6-7-15(3)13-18/h6-13,16,19H,5H2,1-4H3,(H,21,22)/t16-,19+/m0/s1. The lowest BCUT2D eigenvalue weighted by Gasteiger charge is -2.21. The van der Waals surface area contributed by atoms with Crippen molar-refractivity contribution in [1.82, 2.24) is 5.32 Å². The summed E-state index contributed by atoms with van der Waals surface area (Å²) in [4.78, 5) is 12.4. The van der Waals surface area contributed by atoms with Gasteiger partial charge in [-0.25, -0.2) is 0 Å². The Morgan fingerprint density at radius 2 is 1.78 bits per heavy atom. The molecule has 0 saturated heterocycles. The van der Waals surface area contributed by atoms with Crippen LogP contribution >= 0.6 is 0 Å². The summed E-state index contributed by atoms with van der Waals surface area (Å²) < 4.78 is 5.75. The molecule has 23 heavy (non-hydrogen) atoms. The zero-order valence-electron chi connectivity index (χ0n) is 14.3. The van der Waals surface area contributed by atoms with E-state index in [0.717, 1.165) is 23.3 Å². The number of benzene rings is 2. The van der Waals surface area contributed by atoms with Gasteiger partial charge in [-0.2, -0.15) is 0 Å². The van der Waals surface area contributed by atoms with Crippen LogP contribution in [-0.4, -0.2) is 12.0 Å². The van der Waals surface area contributed by atoms with Crippen molar-refractivity contribution in [2.75, 3.05) is 0 Å². The number of hydrogen-bond donors (Lipinski definition) is 1. The summed E-state index contributed by atoms with van der Waals surface area (Å²) in [5.41, 5.74) is 3.45. The third kappa shape index (κ3) is 4.85. The Kier molecular flexibility index (Phi) is 5.80. The molecule has 1 amide bonds. The first-order valence-corrected chi connectivity index (χ1v) is 8.10. The quantitative estimate of drug-likeness (QED) is 0.862. The van der Waals surface area contributed by atoms with Gasteiger partial charge in [0, 0.05) is 0 Å². The Balaban J connectivity index is 1.99. The maximum Gasteiger partial charge on any atom is 0.261 e. The molecule has 2 aromatic rings. The highest BCUT2D eigenvalue weighted by molar-refractivity contribution is 5.81. The topological polar surface area (TPSA) is 38.3 Å². The van der Waals surface area contributed by atoms with Gasteiger partial charge in [-0.15, -0.1) is 0 Å². The van der Waals surface area contributed by atoms with Crippen LogP contribution in [0, 0.1) is 13.8 Å². The van der Waals surface area contributed by atoms with Crippen molar-refractivity contribution in [2.24, 2.45) is 0 Å². The van der Waals surface area contributed by atoms with E-state index >= 15 is 0 Å². The van der Waals surface area contributed by atoms with Crippen LogP contribution in [0.25, 0.3) is 0 Å². The minimum absolute atomic E-state index is 0.00617. The Labute approximate surface area is 138 Å². The number of ether oxygens (including phenoxy) is 1. The molecule has 3 heteroatoms. The van der Waals surface area contributed by atoms with Gasteiger partial charge in [0.05, 0.1) is 6.04 Å². The van der Waals surface area contributed by atoms with Crippen LogP contribution in [0.4, 0.5) is 0 Å². The Morgan fingerprint density at radius 1 is 1.09 bits per heavy atom. The minimum atomic E-state index is -0.531. The first-order valence-electron chi connectivity index (χ1n) is 8.10. The monoisotopic (exact) mass is 311 g/mol. The van der Waals surface area contributed by atoms with Crippen molar-refractivity contribution >= 4 is 5.91 Å². The SMILES string of the molecule is CC[C@@H](NC(=O)[C@H](C)Oc1cccc(C)c1)c1ccc(C)cc1. The molecule has 2 rings (SSSR count). The summed E-state index contributed by atoms with van der Waals surface area (Å²) in [7, 11) is 0. The number of aryl methyl sites for hydroxylation is 2. The maximum absolute atomic E-state index is 12.4. The molecule has 0 bridgehead atoms. The predicted molar refractivity (Wildman–Crippen MR) is 93.6 cm³/mol. The van der Waals surface area contributed by atoms with E-state index in [0.29, 0.717) is 0 Å². The highest BCUT2D eigenvalue weighted by Gasteiger charge is 2.19. The second-order valence-corrected chi connectivity index (χ2v) is 5.96. The fourth-order valence-electron chi connectivity index (χ4n) is 2.46. The molecule has 0 aromatic heterocycles. The van der Waals surface area contributed by atoms with E-state index < -0.39 is 6.10 Å². The van der Waals surface area contributed by atoms with Crippen LogP contribution in [-0.2, 0) is 4.79 Å². The summed E-state index contributed by atoms with van der Waals surface area (Å²) in [5.74, 6) is 0.620. The molecule has 0 unspecified atom stereocenters. The molecule has 0 aliphatic carbocycles. The molecule has 0 radical (unpaired) electrons. The third-order valence-corrected chi connectivity index (χ3v) is 3.88. The molecular weight excluding hydrogens is 286 g/mol. The number of carbonyl (C=O) groups excluding carboxylic acids is 1. The number of rotatable bonds is 6. The second-order valence-electron chi connectivity index (χ2n) is 5.96. The lowest BCUT2D eigenvalue weighted by atomic mass is 10.0. The van der Waals surface area contributed by atoms with Gasteiger partial charge in [-0.1, -0.05) is 48.9 Å². The lowest BCUT2D eigenvalue weighted by Crippen LogP contribution is -2.38. The molecule has 0 saturated carbocycles. The lowest BCUT2D eigenvalue weighted by molar-refractivity contribution is -0.128. The zero-order valence-corrected chi connectivity index (χ0v) is 14.3. The summed E-state index contributed by atoms with van der Waals surface area (Å²) >= 11 is 0. The van der Waals surface area contributed by atoms with Crippen molar-refractivity contribution in [2.45, 2.75) is 46.3 Å². The normalized spacial score (nSPS) is 13.2. The van der Waals surface area contributed by atoms with Gasteiger partial charge in [-0.05, 0) is 50.5 Å². The first-order chi connectivity index (χ1) is 11.0. The molecule has 1 N–H and O–H groups in total. The molecule has 2 atom stereocenters. The van der Waals surface area contributed by atoms with E-state index in [1.165, 1.54) is 5.56 Å². The highest BCUT2D eigenvalue weighted by Crippen LogP contribution is 2.18. The van der Waals surface area contributed by atoms with E-state index in [1.54, 1.807) is 6.92 Å². The smallest absolute Gasteiger partial charge is 0.261 e. The average molecular weight is 311 g/mol. The average Bonchev–Trinajstić information content (AvgIpc) is 2.53. The Bertz CT molecular complexity index is 649. The Morgan fingerprint density at radius 3 is 2.39 bits per heavy atom. The number of carbonyl (C=O) groups is 1. The fraction of sp³-hybridized carbons (Fsp3) is 0.350. The molecule has 0 heterocycles. The number of nitrogens with one attached hydrogen (secondary N) is 1. The number of hydrogen-bond acceptors (Lipinski definition) is 2. The zero-order chi connectivity index (χ0) is 16.8. The molecule has 3 nitrogen and oxygen atoms in total. The largest absolute Gasteiger partial charge is 0.481 e. The molecule has 0 fully saturated rings. The van der Waals surface area contributed by atoms with Gasteiger partial charge in [0.2, 0.25) is 0 Å². The highest BCUT2D eigenvalue weighted by atomic mass is 16.5. The van der Waals surface area contributed by atoms with E-state index in [4.69, 9.17) is 4.74 Å². The van der Waals surface area contributed by atoms with E-state index in [-0.39, 0.29) is 11.9 Å². The van der Waals surface area contributed by atoms with Crippen LogP contribution in [0.2, 0.25) is 0 Å². The molecule has 0 aliphatic heterocycles. The summed E-state index contributed by atoms with van der Waals surface area (Å²) in [6.45, 7) is 7.90. The van der Waals surface area contributed by atoms with Crippen molar-refractivity contribution in [3.63, 3.8) is 0 Å². The van der Waals surface area contributed by atoms with Crippen LogP contribution < -0.4 is 10.1 Å². The van der Waals surface area contributed by atoms with Crippen molar-refractivity contribution in [3.8, 4) is 5.75 Å². The van der Waals surface area contributed by atoms with Crippen molar-refractivity contribution in [3.05, 3.63) is 65.2 Å². The van der Waals surface area contributed by atoms with Gasteiger partial charge < -0.3 is 10.1 Å². The number of amides is 1. The third-order valence-electron chi connectivity index (χ3n) is 3.88. The molecule has 0 spiro atoms. The summed E-state index contributed by atoms with van der Waals surface area (Å²) in [5, 5.41) is 3.07. The van der Waals surface area contributed by atoms with Gasteiger partial charge in [-0.3, -0.25) is 4.79 Å². The summed E-state index contributed by atoms with van der Waals surface area (Å²) in [6, 6.07) is 16.0. The molecule has 122 valence electrons.